The van der Waals surface area contributed by atoms with Gasteiger partial charge in [0.1, 0.15) is 5.82 Å². The molecule has 0 fully saturated rings. The Hall–Kier alpha value is -3.48. The largest absolute Gasteiger partial charge is 0.304 e. The molecular weight excluding hydrogens is 848 g/mol. The van der Waals surface area contributed by atoms with Crippen molar-refractivity contribution in [2.24, 2.45) is 0 Å². The summed E-state index contributed by atoms with van der Waals surface area (Å²) in [5.74, 6) is 5.89. The summed E-state index contributed by atoms with van der Waals surface area (Å²) in [5.41, 5.74) is 5.67. The fraction of sp³-hybridized carbons (Fsp3) is 0.190. The SMILES string of the molecule is [2H]C([2H])([2H])c1c[c-]c(-c2cc(C([2H])(C)C)[c]([Ge]([CH3])([CH3])[CH3])cn2)cc1.[2H]C([2H])([2H])c1cc(-c2[c-]ccc3c2sc2ccc(F)cc23)ncc1-c1ccccc1.[Ir]. The average Bonchev–Trinajstić information content (AvgIpc) is 3.48. The minimum absolute atomic E-state index is 0. The van der Waals surface area contributed by atoms with Gasteiger partial charge in [-0.15, -0.1) is 23.8 Å². The number of nitrogens with zero attached hydrogens (tertiary/aromatic N) is 2. The molecule has 48 heavy (non-hydrogen) atoms. The van der Waals surface area contributed by atoms with Crippen molar-refractivity contribution in [1.29, 1.82) is 0 Å². The van der Waals surface area contributed by atoms with E-state index in [-0.39, 0.29) is 37.0 Å². The number of pyridine rings is 2. The molecule has 245 valence electrons. The molecule has 0 atom stereocenters. The van der Waals surface area contributed by atoms with Gasteiger partial charge < -0.3 is 4.98 Å². The van der Waals surface area contributed by atoms with Gasteiger partial charge >= 0.3 is 131 Å². The number of hydrogen-bond acceptors (Lipinski definition) is 3. The van der Waals surface area contributed by atoms with E-state index in [9.17, 15) is 4.39 Å². The second-order valence-electron chi connectivity index (χ2n) is 12.7. The maximum absolute atomic E-state index is 13.8. The third-order valence-corrected chi connectivity index (χ3v) is 13.4. The molecule has 0 bridgehead atoms. The molecule has 3 aromatic heterocycles. The van der Waals surface area contributed by atoms with Crippen LogP contribution >= 0.6 is 11.3 Å². The first kappa shape index (κ1) is 27.4. The standard InChI is InChI=1S/C24H15FNS.C18H24GeN.Ir/c1-15-12-22(26-14-21(15)16-6-3-2-4-7-16)19-9-5-8-18-20-13-17(25)10-11-23(20)27-24(18)19;1-13(2)16-11-18(15-9-7-14(3)8-10-15)20-12-17(16)19(4,5)6;/h2-8,10-14H,1H3;7-9,11-13H,1-6H3;/q2*-1;/i1D3;3D3,13D;. The zero-order chi connectivity index (χ0) is 39.2. The third-order valence-electron chi connectivity index (χ3n) is 7.98. The van der Waals surface area contributed by atoms with Crippen molar-refractivity contribution < 1.29 is 34.1 Å². The molecule has 0 N–H and O–H groups in total. The Morgan fingerprint density at radius 2 is 1.65 bits per heavy atom. The van der Waals surface area contributed by atoms with Gasteiger partial charge in [-0.05, 0) is 52.0 Å². The summed E-state index contributed by atoms with van der Waals surface area (Å²) in [6.45, 7) is -0.628. The maximum atomic E-state index is 13.8. The fourth-order valence-corrected chi connectivity index (χ4v) is 10.0. The Kier molecular flexibility index (Phi) is 8.53. The van der Waals surface area contributed by atoms with Crippen molar-refractivity contribution in [1.82, 2.24) is 9.97 Å². The number of benzene rings is 4. The van der Waals surface area contributed by atoms with E-state index in [0.717, 1.165) is 48.1 Å². The van der Waals surface area contributed by atoms with Gasteiger partial charge in [0.2, 0.25) is 0 Å². The second kappa shape index (κ2) is 15.0. The number of rotatable bonds is 5. The van der Waals surface area contributed by atoms with Crippen LogP contribution in [0.3, 0.4) is 0 Å². The van der Waals surface area contributed by atoms with Crippen LogP contribution in [0.25, 0.3) is 53.8 Å². The first-order valence-corrected chi connectivity index (χ1v) is 23.5. The number of halogens is 1. The van der Waals surface area contributed by atoms with Crippen molar-refractivity contribution in [3.8, 4) is 33.6 Å². The zero-order valence-corrected chi connectivity index (χ0v) is 32.6. The Balaban J connectivity index is 0.000000213. The van der Waals surface area contributed by atoms with Crippen LogP contribution in [0.1, 0.15) is 46.0 Å². The first-order chi connectivity index (χ1) is 25.2. The normalized spacial score (nSPS) is 14.2. The Bertz CT molecular complexity index is 2450. The van der Waals surface area contributed by atoms with E-state index < -0.39 is 32.9 Å². The van der Waals surface area contributed by atoms with Crippen molar-refractivity contribution in [2.45, 2.75) is 50.7 Å². The average molecular weight is 895 g/mol. The smallest absolute Gasteiger partial charge is 0.123 e. The van der Waals surface area contributed by atoms with E-state index in [1.807, 2.05) is 62.5 Å². The summed E-state index contributed by atoms with van der Waals surface area (Å²) in [6.07, 6.45) is 3.53. The van der Waals surface area contributed by atoms with Crippen LogP contribution < -0.4 is 4.40 Å². The monoisotopic (exact) mass is 896 g/mol. The number of hydrogen-bond donors (Lipinski definition) is 0. The van der Waals surface area contributed by atoms with Gasteiger partial charge in [0.25, 0.3) is 0 Å². The van der Waals surface area contributed by atoms with Crippen LogP contribution in [0.4, 0.5) is 4.39 Å². The second-order valence-corrected chi connectivity index (χ2v) is 24.3. The van der Waals surface area contributed by atoms with E-state index >= 15 is 0 Å². The summed E-state index contributed by atoms with van der Waals surface area (Å²) in [6, 6.07) is 32.5. The molecule has 0 amide bonds. The van der Waals surface area contributed by atoms with Crippen molar-refractivity contribution in [3.05, 3.63) is 138 Å². The number of thiophene rings is 1. The predicted molar refractivity (Wildman–Crippen MR) is 202 cm³/mol. The van der Waals surface area contributed by atoms with Crippen LogP contribution in [-0.2, 0) is 20.1 Å². The van der Waals surface area contributed by atoms with Gasteiger partial charge in [0, 0.05) is 40.7 Å². The molecule has 4 aromatic carbocycles. The molecule has 0 spiro atoms. The molecule has 0 aliphatic carbocycles. The zero-order valence-electron chi connectivity index (χ0n) is 34.3. The van der Waals surface area contributed by atoms with Gasteiger partial charge in [-0.3, -0.25) is 0 Å². The molecule has 0 saturated carbocycles. The first-order valence-electron chi connectivity index (χ1n) is 18.8. The molecule has 7 rings (SSSR count). The van der Waals surface area contributed by atoms with Gasteiger partial charge in [0.15, 0.2) is 0 Å². The quantitative estimate of drug-likeness (QED) is 0.127. The molecular formula is C42H39FGeIrN2S-2. The number of aromatic nitrogens is 2. The Morgan fingerprint density at radius 1 is 0.854 bits per heavy atom. The van der Waals surface area contributed by atoms with Crippen molar-refractivity contribution >= 4 is 49.2 Å². The molecule has 0 aliphatic heterocycles. The minimum Gasteiger partial charge on any atom is -0.304 e. The summed E-state index contributed by atoms with van der Waals surface area (Å²) in [4.78, 5) is 9.16. The van der Waals surface area contributed by atoms with Crippen LogP contribution in [0.15, 0.2) is 103 Å². The fourth-order valence-electron chi connectivity index (χ4n) is 5.54. The van der Waals surface area contributed by atoms with Crippen LogP contribution in [0, 0.1) is 31.7 Å². The molecule has 6 heteroatoms. The number of fused-ring (bicyclic) bond motifs is 3. The predicted octanol–water partition coefficient (Wildman–Crippen LogP) is 11.6. The molecule has 2 nitrogen and oxygen atoms in total. The number of aryl methyl sites for hydroxylation is 2. The van der Waals surface area contributed by atoms with Gasteiger partial charge in [0.05, 0.1) is 0 Å². The van der Waals surface area contributed by atoms with Crippen LogP contribution in [-0.4, -0.2) is 23.2 Å². The van der Waals surface area contributed by atoms with Gasteiger partial charge in [-0.25, -0.2) is 4.39 Å². The summed E-state index contributed by atoms with van der Waals surface area (Å²) < 4.78 is 71.9. The van der Waals surface area contributed by atoms with Gasteiger partial charge in [-0.2, -0.15) is 11.3 Å². The molecule has 0 saturated heterocycles. The van der Waals surface area contributed by atoms with E-state index in [1.54, 1.807) is 36.5 Å². The summed E-state index contributed by atoms with van der Waals surface area (Å²) in [5, 5.41) is 1.75. The van der Waals surface area contributed by atoms with Crippen molar-refractivity contribution in [2.75, 3.05) is 0 Å². The Morgan fingerprint density at radius 3 is 2.33 bits per heavy atom. The molecule has 7 aromatic rings. The topological polar surface area (TPSA) is 25.8 Å². The van der Waals surface area contributed by atoms with Crippen LogP contribution in [0.2, 0.25) is 17.3 Å². The van der Waals surface area contributed by atoms with E-state index in [2.05, 4.69) is 39.4 Å². The summed E-state index contributed by atoms with van der Waals surface area (Å²) in [7, 11) is 0. The minimum atomic E-state index is -2.29. The Labute approximate surface area is 314 Å². The molecule has 1 radical (unpaired) electrons. The molecule has 3 heterocycles. The molecule has 0 unspecified atom stereocenters. The van der Waals surface area contributed by atoms with Crippen molar-refractivity contribution in [3.63, 3.8) is 0 Å². The third kappa shape index (κ3) is 7.71. The van der Waals surface area contributed by atoms with E-state index in [0.29, 0.717) is 11.3 Å². The van der Waals surface area contributed by atoms with Gasteiger partial charge in [-0.1, -0.05) is 41.8 Å². The van der Waals surface area contributed by atoms with E-state index in [1.165, 1.54) is 33.9 Å². The van der Waals surface area contributed by atoms with E-state index in [4.69, 9.17) is 9.60 Å². The van der Waals surface area contributed by atoms with Crippen LogP contribution in [0.5, 0.6) is 0 Å². The molecule has 0 aliphatic rings. The summed E-state index contributed by atoms with van der Waals surface area (Å²) >= 11 is -0.613. The maximum Gasteiger partial charge on any atom is 0.123 e.